The molecule has 0 amide bonds. The number of carbonyl (C=O) groups is 1. The monoisotopic (exact) mass is 330 g/mol. The fourth-order valence-electron chi connectivity index (χ4n) is 2.57. The maximum Gasteiger partial charge on any atom is 0.328 e. The minimum Gasteiger partial charge on any atom is -0.478 e. The Bertz CT molecular complexity index is 917. The van der Waals surface area contributed by atoms with Crippen molar-refractivity contribution in [3.8, 4) is 17.1 Å². The van der Waals surface area contributed by atoms with Crippen LogP contribution in [0.5, 0.6) is 0 Å². The first-order chi connectivity index (χ1) is 12.2. The van der Waals surface area contributed by atoms with E-state index >= 15 is 0 Å². The Labute approximate surface area is 146 Å². The van der Waals surface area contributed by atoms with Crippen molar-refractivity contribution in [2.45, 2.75) is 6.92 Å². The van der Waals surface area contributed by atoms with Gasteiger partial charge in [-0.05, 0) is 36.3 Å². The standard InChI is InChI=1S/C21H18N2O2/c1-2-3-16-6-11-19(12-7-16)23-15-14-22-21(23)18-9-4-17(5-10-18)8-13-20(24)25/h2-15H,1H3,(H,24,25)/b3-2+,13-8+. The highest BCUT2D eigenvalue weighted by Gasteiger charge is 2.07. The van der Waals surface area contributed by atoms with Crippen LogP contribution in [0.1, 0.15) is 18.1 Å². The van der Waals surface area contributed by atoms with Crippen molar-refractivity contribution in [3.63, 3.8) is 0 Å². The number of aromatic nitrogens is 2. The second-order valence-corrected chi connectivity index (χ2v) is 5.51. The minimum atomic E-state index is -0.957. The van der Waals surface area contributed by atoms with Crippen molar-refractivity contribution in [1.29, 1.82) is 0 Å². The SMILES string of the molecule is C/C=C/c1ccc(-n2ccnc2-c2ccc(/C=C/C(=O)O)cc2)cc1. The van der Waals surface area contributed by atoms with Crippen molar-refractivity contribution in [2.75, 3.05) is 0 Å². The molecular weight excluding hydrogens is 312 g/mol. The molecule has 1 N–H and O–H groups in total. The molecule has 25 heavy (non-hydrogen) atoms. The Kier molecular flexibility index (Phi) is 4.90. The third kappa shape index (κ3) is 3.93. The summed E-state index contributed by atoms with van der Waals surface area (Å²) < 4.78 is 2.03. The third-order valence-electron chi connectivity index (χ3n) is 3.76. The molecule has 1 heterocycles. The lowest BCUT2D eigenvalue weighted by Gasteiger charge is -2.09. The molecule has 0 saturated carbocycles. The van der Waals surface area contributed by atoms with E-state index in [0.717, 1.165) is 34.3 Å². The Balaban J connectivity index is 1.89. The van der Waals surface area contributed by atoms with Crippen LogP contribution in [0.25, 0.3) is 29.2 Å². The lowest BCUT2D eigenvalue weighted by Crippen LogP contribution is -1.96. The first kappa shape index (κ1) is 16.5. The van der Waals surface area contributed by atoms with Gasteiger partial charge in [0.15, 0.2) is 0 Å². The summed E-state index contributed by atoms with van der Waals surface area (Å²) in [5.74, 6) is -0.117. The van der Waals surface area contributed by atoms with Crippen LogP contribution < -0.4 is 0 Å². The van der Waals surface area contributed by atoms with E-state index in [1.54, 1.807) is 12.3 Å². The molecule has 0 fully saturated rings. The summed E-state index contributed by atoms with van der Waals surface area (Å²) in [5.41, 5.74) is 3.99. The van der Waals surface area contributed by atoms with Gasteiger partial charge in [0.2, 0.25) is 0 Å². The van der Waals surface area contributed by atoms with Crippen molar-refractivity contribution < 1.29 is 9.90 Å². The van der Waals surface area contributed by atoms with Crippen LogP contribution in [0, 0.1) is 0 Å². The molecule has 0 spiro atoms. The number of allylic oxidation sites excluding steroid dienone is 1. The predicted molar refractivity (Wildman–Crippen MR) is 100 cm³/mol. The molecule has 0 aliphatic rings. The second kappa shape index (κ2) is 7.45. The largest absolute Gasteiger partial charge is 0.478 e. The van der Waals surface area contributed by atoms with E-state index in [1.807, 2.05) is 48.0 Å². The number of carboxylic acids is 1. The van der Waals surface area contributed by atoms with Gasteiger partial charge in [-0.1, -0.05) is 48.6 Å². The third-order valence-corrected chi connectivity index (χ3v) is 3.76. The number of hydrogen-bond donors (Lipinski definition) is 1. The quantitative estimate of drug-likeness (QED) is 0.692. The topological polar surface area (TPSA) is 55.1 Å². The van der Waals surface area contributed by atoms with Crippen molar-refractivity contribution in [1.82, 2.24) is 9.55 Å². The van der Waals surface area contributed by atoms with Gasteiger partial charge in [-0.25, -0.2) is 9.78 Å². The van der Waals surface area contributed by atoms with Crippen molar-refractivity contribution in [3.05, 3.63) is 84.2 Å². The van der Waals surface area contributed by atoms with Gasteiger partial charge < -0.3 is 5.11 Å². The summed E-state index contributed by atoms with van der Waals surface area (Å²) in [6, 6.07) is 15.9. The number of imidazole rings is 1. The number of aliphatic carboxylic acids is 1. The Morgan fingerprint density at radius 2 is 1.64 bits per heavy atom. The Morgan fingerprint density at radius 3 is 2.28 bits per heavy atom. The molecule has 1 aromatic heterocycles. The Morgan fingerprint density at radius 1 is 1.00 bits per heavy atom. The fraction of sp³-hybridized carbons (Fsp3) is 0.0476. The maximum atomic E-state index is 10.6. The van der Waals surface area contributed by atoms with Gasteiger partial charge in [0.25, 0.3) is 0 Å². The molecule has 0 radical (unpaired) electrons. The molecule has 4 nitrogen and oxygen atoms in total. The molecule has 124 valence electrons. The van der Waals surface area contributed by atoms with Crippen molar-refractivity contribution >= 4 is 18.1 Å². The van der Waals surface area contributed by atoms with Crippen LogP contribution in [0.3, 0.4) is 0 Å². The maximum absolute atomic E-state index is 10.6. The van der Waals surface area contributed by atoms with Gasteiger partial charge >= 0.3 is 5.97 Å². The highest BCUT2D eigenvalue weighted by molar-refractivity contribution is 5.85. The zero-order valence-corrected chi connectivity index (χ0v) is 13.8. The van der Waals surface area contributed by atoms with E-state index in [2.05, 4.69) is 35.3 Å². The summed E-state index contributed by atoms with van der Waals surface area (Å²) >= 11 is 0. The average molecular weight is 330 g/mol. The smallest absolute Gasteiger partial charge is 0.328 e. The predicted octanol–water partition coefficient (Wildman–Crippen LogP) is 4.67. The molecule has 0 saturated heterocycles. The molecule has 4 heteroatoms. The molecule has 0 atom stereocenters. The lowest BCUT2D eigenvalue weighted by molar-refractivity contribution is -0.131. The summed E-state index contributed by atoms with van der Waals surface area (Å²) in [6.45, 7) is 2.00. The summed E-state index contributed by atoms with van der Waals surface area (Å²) in [5, 5.41) is 8.69. The van der Waals surface area contributed by atoms with E-state index in [0.29, 0.717) is 0 Å². The van der Waals surface area contributed by atoms with Crippen LogP contribution in [0.15, 0.2) is 73.1 Å². The minimum absolute atomic E-state index is 0.833. The van der Waals surface area contributed by atoms with Gasteiger partial charge in [-0.2, -0.15) is 0 Å². The van der Waals surface area contributed by atoms with Gasteiger partial charge in [-0.3, -0.25) is 4.57 Å². The molecule has 0 aliphatic heterocycles. The van der Waals surface area contributed by atoms with Gasteiger partial charge in [0.05, 0.1) is 0 Å². The molecular formula is C21H18N2O2. The van der Waals surface area contributed by atoms with E-state index in [4.69, 9.17) is 5.11 Å². The first-order valence-corrected chi connectivity index (χ1v) is 7.95. The summed E-state index contributed by atoms with van der Waals surface area (Å²) in [6.07, 6.45) is 10.5. The highest BCUT2D eigenvalue weighted by atomic mass is 16.4. The number of nitrogens with zero attached hydrogens (tertiary/aromatic N) is 2. The molecule has 2 aromatic carbocycles. The zero-order valence-electron chi connectivity index (χ0n) is 13.8. The number of carboxylic acid groups (broad SMARTS) is 1. The molecule has 0 bridgehead atoms. The zero-order chi connectivity index (χ0) is 17.6. The van der Waals surface area contributed by atoms with E-state index in [-0.39, 0.29) is 0 Å². The number of rotatable bonds is 5. The van der Waals surface area contributed by atoms with E-state index in [9.17, 15) is 4.79 Å². The van der Waals surface area contributed by atoms with Crippen LogP contribution in [-0.4, -0.2) is 20.6 Å². The van der Waals surface area contributed by atoms with Crippen LogP contribution in [0.2, 0.25) is 0 Å². The molecule has 3 aromatic rings. The molecule has 0 aliphatic carbocycles. The first-order valence-electron chi connectivity index (χ1n) is 7.95. The van der Waals surface area contributed by atoms with Crippen LogP contribution >= 0.6 is 0 Å². The molecule has 3 rings (SSSR count). The highest BCUT2D eigenvalue weighted by Crippen LogP contribution is 2.22. The normalized spacial score (nSPS) is 11.4. The lowest BCUT2D eigenvalue weighted by atomic mass is 10.1. The van der Waals surface area contributed by atoms with Gasteiger partial charge in [0, 0.05) is 29.7 Å². The average Bonchev–Trinajstić information content (AvgIpc) is 3.11. The van der Waals surface area contributed by atoms with Crippen molar-refractivity contribution in [2.24, 2.45) is 0 Å². The van der Waals surface area contributed by atoms with E-state index in [1.165, 1.54) is 0 Å². The number of benzene rings is 2. The summed E-state index contributed by atoms with van der Waals surface area (Å²) in [4.78, 5) is 15.1. The fourth-order valence-corrected chi connectivity index (χ4v) is 2.57. The van der Waals surface area contributed by atoms with Crippen LogP contribution in [0.4, 0.5) is 0 Å². The molecule has 0 unspecified atom stereocenters. The summed E-state index contributed by atoms with van der Waals surface area (Å²) in [7, 11) is 0. The Hall–Kier alpha value is -3.40. The van der Waals surface area contributed by atoms with E-state index < -0.39 is 5.97 Å². The second-order valence-electron chi connectivity index (χ2n) is 5.51. The van der Waals surface area contributed by atoms with Crippen LogP contribution in [-0.2, 0) is 4.79 Å². The number of hydrogen-bond acceptors (Lipinski definition) is 2. The van der Waals surface area contributed by atoms with Gasteiger partial charge in [0.1, 0.15) is 5.82 Å². The van der Waals surface area contributed by atoms with Gasteiger partial charge in [-0.15, -0.1) is 0 Å².